The summed E-state index contributed by atoms with van der Waals surface area (Å²) < 4.78 is 0. The molecule has 0 spiro atoms. The van der Waals surface area contributed by atoms with Crippen LogP contribution in [-0.4, -0.2) is 28.9 Å². The summed E-state index contributed by atoms with van der Waals surface area (Å²) in [5.74, 6) is -2.69. The lowest BCUT2D eigenvalue weighted by molar-refractivity contribution is -0.122. The monoisotopic (exact) mass is 546 g/mol. The summed E-state index contributed by atoms with van der Waals surface area (Å²) in [6.45, 7) is 1.87. The minimum Gasteiger partial charge on any atom is -0.274 e. The molecule has 0 radical (unpaired) electrons. The molecule has 3 aromatic carbocycles. The molecule has 1 aromatic heterocycles. The van der Waals surface area contributed by atoms with Crippen molar-refractivity contribution in [2.75, 3.05) is 4.90 Å². The Balaban J connectivity index is 1.41. The summed E-state index contributed by atoms with van der Waals surface area (Å²) in [6, 6.07) is 24.3. The number of hydrogen-bond donors (Lipinski definition) is 1. The van der Waals surface area contributed by atoms with Crippen LogP contribution in [0.4, 0.5) is 5.69 Å². The van der Waals surface area contributed by atoms with E-state index >= 15 is 0 Å². The Hall–Kier alpha value is -4.62. The number of rotatable bonds is 4. The minimum atomic E-state index is -1.08. The van der Waals surface area contributed by atoms with Gasteiger partial charge in [0, 0.05) is 29.5 Å². The van der Waals surface area contributed by atoms with E-state index in [4.69, 9.17) is 11.6 Å². The summed E-state index contributed by atoms with van der Waals surface area (Å²) in [5, 5.41) is 4.91. The number of amides is 3. The number of nitrogens with zero attached hydrogens (tertiary/aromatic N) is 3. The molecule has 40 heavy (non-hydrogen) atoms. The molecule has 2 bridgehead atoms. The number of benzene rings is 3. The summed E-state index contributed by atoms with van der Waals surface area (Å²) >= 11 is 6.42. The number of aryl methyl sites for hydroxylation is 1. The van der Waals surface area contributed by atoms with Crippen LogP contribution in [0.25, 0.3) is 0 Å². The van der Waals surface area contributed by atoms with Crippen LogP contribution < -0.4 is 10.3 Å². The van der Waals surface area contributed by atoms with Crippen LogP contribution in [0.2, 0.25) is 5.02 Å². The number of pyridine rings is 1. The molecule has 1 saturated heterocycles. The van der Waals surface area contributed by atoms with Gasteiger partial charge in [0.15, 0.2) is 0 Å². The van der Waals surface area contributed by atoms with Gasteiger partial charge < -0.3 is 0 Å². The normalized spacial score (nSPS) is 24.1. The number of hydrazone groups is 1. The van der Waals surface area contributed by atoms with Crippen molar-refractivity contribution >= 4 is 41.2 Å². The molecule has 3 aliphatic carbocycles. The predicted molar refractivity (Wildman–Crippen MR) is 151 cm³/mol. The number of anilines is 1. The van der Waals surface area contributed by atoms with Crippen LogP contribution in [0.5, 0.6) is 0 Å². The van der Waals surface area contributed by atoms with E-state index in [-0.39, 0.29) is 17.7 Å². The maximum atomic E-state index is 14.4. The van der Waals surface area contributed by atoms with Crippen molar-refractivity contribution in [1.29, 1.82) is 0 Å². The Labute approximate surface area is 235 Å². The van der Waals surface area contributed by atoms with E-state index in [9.17, 15) is 14.4 Å². The Morgan fingerprint density at radius 3 is 2.33 bits per heavy atom. The summed E-state index contributed by atoms with van der Waals surface area (Å²) in [4.78, 5) is 46.7. The third-order valence-electron chi connectivity index (χ3n) is 8.46. The zero-order chi connectivity index (χ0) is 27.6. The van der Waals surface area contributed by atoms with Gasteiger partial charge in [-0.05, 0) is 59.0 Å². The van der Waals surface area contributed by atoms with Gasteiger partial charge >= 0.3 is 0 Å². The van der Waals surface area contributed by atoms with Crippen LogP contribution in [-0.2, 0) is 15.0 Å². The fourth-order valence-corrected chi connectivity index (χ4v) is 6.95. The molecule has 4 aliphatic rings. The smallest absolute Gasteiger partial charge is 0.272 e. The van der Waals surface area contributed by atoms with Crippen LogP contribution in [0.15, 0.2) is 96.4 Å². The highest BCUT2D eigenvalue weighted by atomic mass is 35.5. The second-order valence-corrected chi connectivity index (χ2v) is 10.8. The lowest BCUT2D eigenvalue weighted by Crippen LogP contribution is -2.54. The van der Waals surface area contributed by atoms with E-state index in [0.29, 0.717) is 16.3 Å². The first-order chi connectivity index (χ1) is 19.4. The molecule has 2 unspecified atom stereocenters. The van der Waals surface area contributed by atoms with E-state index < -0.39 is 23.2 Å². The van der Waals surface area contributed by atoms with Crippen molar-refractivity contribution in [2.24, 2.45) is 16.9 Å². The minimum absolute atomic E-state index is 0.263. The van der Waals surface area contributed by atoms with Gasteiger partial charge in [-0.2, -0.15) is 5.10 Å². The molecule has 4 aromatic rings. The number of carbonyl (C=O) groups excluding carboxylic acids is 3. The number of hydrogen-bond acceptors (Lipinski definition) is 5. The Morgan fingerprint density at radius 1 is 0.975 bits per heavy atom. The molecule has 2 atom stereocenters. The van der Waals surface area contributed by atoms with E-state index in [2.05, 4.69) is 15.5 Å². The van der Waals surface area contributed by atoms with Crippen LogP contribution in [0.3, 0.4) is 0 Å². The summed E-state index contributed by atoms with van der Waals surface area (Å²) in [7, 11) is 0. The maximum Gasteiger partial charge on any atom is 0.272 e. The second-order valence-electron chi connectivity index (χ2n) is 10.4. The van der Waals surface area contributed by atoms with Gasteiger partial charge in [-0.1, -0.05) is 66.2 Å². The van der Waals surface area contributed by atoms with Gasteiger partial charge in [-0.15, -0.1) is 0 Å². The van der Waals surface area contributed by atoms with Crippen LogP contribution in [0, 0.1) is 18.8 Å². The van der Waals surface area contributed by atoms with Crippen molar-refractivity contribution < 1.29 is 14.4 Å². The zero-order valence-corrected chi connectivity index (χ0v) is 22.2. The zero-order valence-electron chi connectivity index (χ0n) is 21.4. The van der Waals surface area contributed by atoms with Crippen molar-refractivity contribution in [3.63, 3.8) is 0 Å². The Kier molecular flexibility index (Phi) is 5.47. The summed E-state index contributed by atoms with van der Waals surface area (Å²) in [5.41, 5.74) is 6.98. The SMILES string of the molecule is Cc1ccc(N2C(=O)C3C4c5ccccc5C(C=NNC(=O)c5cccnc5)(c5ccccc54)C3C2=O)cc1Cl. The second kappa shape index (κ2) is 8.96. The van der Waals surface area contributed by atoms with Gasteiger partial charge in [0.05, 0.1) is 28.5 Å². The molecule has 1 aliphatic heterocycles. The van der Waals surface area contributed by atoms with Gasteiger partial charge in [0.25, 0.3) is 5.91 Å². The average Bonchev–Trinajstić information content (AvgIpc) is 3.25. The molecule has 7 nitrogen and oxygen atoms in total. The van der Waals surface area contributed by atoms with Gasteiger partial charge in [-0.25, -0.2) is 10.3 Å². The third-order valence-corrected chi connectivity index (χ3v) is 8.86. The largest absolute Gasteiger partial charge is 0.274 e. The van der Waals surface area contributed by atoms with E-state index in [1.54, 1.807) is 36.7 Å². The number of nitrogens with one attached hydrogen (secondary N) is 1. The standard InChI is InChI=1S/C32H23ClN4O3/c1-18-12-13-20(15-25(18)33)37-30(39)27-26-21-8-2-4-10-23(21)32(28(27)31(37)40,24-11-5-3-9-22(24)26)17-35-36-29(38)19-7-6-14-34-16-19/h2-17,26-28H,1H3,(H,36,38). The number of imide groups is 1. The first-order valence-electron chi connectivity index (χ1n) is 13.0. The van der Waals surface area contributed by atoms with Gasteiger partial charge in [0.1, 0.15) is 0 Å². The van der Waals surface area contributed by atoms with Crippen LogP contribution >= 0.6 is 11.6 Å². The lowest BCUT2D eigenvalue weighted by Gasteiger charge is -2.52. The highest BCUT2D eigenvalue weighted by Gasteiger charge is 2.68. The molecular weight excluding hydrogens is 524 g/mol. The molecule has 1 fully saturated rings. The molecule has 0 saturated carbocycles. The molecule has 2 heterocycles. The van der Waals surface area contributed by atoms with E-state index in [1.165, 1.54) is 11.1 Å². The van der Waals surface area contributed by atoms with Crippen LogP contribution in [0.1, 0.15) is 44.1 Å². The fraction of sp³-hybridized carbons (Fsp3) is 0.156. The van der Waals surface area contributed by atoms with Crippen molar-refractivity contribution in [3.8, 4) is 0 Å². The number of carbonyl (C=O) groups is 3. The highest BCUT2D eigenvalue weighted by Crippen LogP contribution is 2.63. The third kappa shape index (κ3) is 3.27. The van der Waals surface area contributed by atoms with Crippen molar-refractivity contribution in [1.82, 2.24) is 10.4 Å². The molecule has 3 amide bonds. The van der Waals surface area contributed by atoms with Gasteiger partial charge in [0.2, 0.25) is 11.8 Å². The van der Waals surface area contributed by atoms with Crippen molar-refractivity contribution in [2.45, 2.75) is 18.3 Å². The quantitative estimate of drug-likeness (QED) is 0.221. The predicted octanol–water partition coefficient (Wildman–Crippen LogP) is 5.01. The molecule has 196 valence electrons. The molecule has 8 rings (SSSR count). The Morgan fingerprint density at radius 2 is 1.68 bits per heavy atom. The lowest BCUT2D eigenvalue weighted by atomic mass is 9.47. The summed E-state index contributed by atoms with van der Waals surface area (Å²) in [6.07, 6.45) is 4.69. The first-order valence-corrected chi connectivity index (χ1v) is 13.4. The topological polar surface area (TPSA) is 91.7 Å². The maximum absolute atomic E-state index is 14.4. The number of aromatic nitrogens is 1. The molecule has 8 heteroatoms. The highest BCUT2D eigenvalue weighted by molar-refractivity contribution is 6.32. The van der Waals surface area contributed by atoms with E-state index in [0.717, 1.165) is 27.8 Å². The van der Waals surface area contributed by atoms with E-state index in [1.807, 2.05) is 61.5 Å². The molecular formula is C32H23ClN4O3. The fourth-order valence-electron chi connectivity index (χ4n) is 6.78. The van der Waals surface area contributed by atoms with Gasteiger partial charge in [-0.3, -0.25) is 19.4 Å². The first kappa shape index (κ1) is 24.4. The Bertz CT molecular complexity index is 1700. The number of halogens is 1. The average molecular weight is 547 g/mol. The molecule has 1 N–H and O–H groups in total. The van der Waals surface area contributed by atoms with Crippen molar-refractivity contribution in [3.05, 3.63) is 130 Å².